The van der Waals surface area contributed by atoms with E-state index in [9.17, 15) is 0 Å². The summed E-state index contributed by atoms with van der Waals surface area (Å²) in [5, 5.41) is 0.606. The minimum Gasteiger partial charge on any atom is -0.497 e. The van der Waals surface area contributed by atoms with Crippen LogP contribution in [0, 0.1) is 11.8 Å². The molecule has 0 spiro atoms. The van der Waals surface area contributed by atoms with Crippen LogP contribution in [0.15, 0.2) is 65.1 Å². The van der Waals surface area contributed by atoms with Crippen molar-refractivity contribution in [1.29, 1.82) is 0 Å². The molecule has 0 N–H and O–H groups in total. The molecular weight excluding hydrogens is 398 g/mol. The zero-order valence-corrected chi connectivity index (χ0v) is 20.2. The average molecular weight is 436 g/mol. The maximum Gasteiger partial charge on any atom is 0.119 e. The molecule has 0 amide bonds. The predicted octanol–water partition coefficient (Wildman–Crippen LogP) is 6.64. The summed E-state index contributed by atoms with van der Waals surface area (Å²) >= 11 is 2.02. The second-order valence-corrected chi connectivity index (χ2v) is 10.7. The smallest absolute Gasteiger partial charge is 0.119 e. The summed E-state index contributed by atoms with van der Waals surface area (Å²) in [7, 11) is 1.76. The first-order chi connectivity index (χ1) is 15.1. The molecule has 1 fully saturated rings. The third kappa shape index (κ3) is 5.96. The van der Waals surface area contributed by atoms with Crippen LogP contribution in [0.4, 0.5) is 0 Å². The van der Waals surface area contributed by atoms with E-state index in [1.165, 1.54) is 61.3 Å². The topological polar surface area (TPSA) is 12.5 Å². The highest BCUT2D eigenvalue weighted by atomic mass is 32.2. The van der Waals surface area contributed by atoms with Crippen molar-refractivity contribution in [2.45, 2.75) is 56.1 Å². The first kappa shape index (κ1) is 22.5. The van der Waals surface area contributed by atoms with Gasteiger partial charge < -0.3 is 9.64 Å². The summed E-state index contributed by atoms with van der Waals surface area (Å²) in [6, 6.07) is 17.6. The van der Waals surface area contributed by atoms with Crippen molar-refractivity contribution in [1.82, 2.24) is 4.90 Å². The van der Waals surface area contributed by atoms with E-state index < -0.39 is 0 Å². The summed E-state index contributed by atoms with van der Waals surface area (Å²) in [5.74, 6) is 2.43. The summed E-state index contributed by atoms with van der Waals surface area (Å²) < 4.78 is 5.48. The monoisotopic (exact) mass is 435 g/mol. The molecule has 4 rings (SSSR count). The van der Waals surface area contributed by atoms with Crippen LogP contribution < -0.4 is 4.74 Å². The van der Waals surface area contributed by atoms with Crippen LogP contribution in [0.25, 0.3) is 0 Å². The molecule has 0 aromatic heterocycles. The highest BCUT2D eigenvalue weighted by molar-refractivity contribution is 8.00. The minimum atomic E-state index is 0.606. The Hall–Kier alpha value is -1.71. The number of nitrogens with zero attached hydrogens (tertiary/aromatic N) is 1. The van der Waals surface area contributed by atoms with Crippen molar-refractivity contribution < 1.29 is 4.74 Å². The van der Waals surface area contributed by atoms with Gasteiger partial charge in [0.1, 0.15) is 5.75 Å². The molecule has 2 nitrogen and oxygen atoms in total. The quantitative estimate of drug-likeness (QED) is 0.472. The minimum absolute atomic E-state index is 0.606. The molecule has 0 unspecified atom stereocenters. The molecular formula is C28H37NOS. The van der Waals surface area contributed by atoms with Crippen LogP contribution in [0.5, 0.6) is 5.75 Å². The third-order valence-corrected chi connectivity index (χ3v) is 8.62. The van der Waals surface area contributed by atoms with Gasteiger partial charge in [0.2, 0.25) is 0 Å². The van der Waals surface area contributed by atoms with Crippen molar-refractivity contribution >= 4 is 11.8 Å². The molecule has 2 aliphatic heterocycles. The Morgan fingerprint density at radius 3 is 2.58 bits per heavy atom. The molecule has 2 heterocycles. The van der Waals surface area contributed by atoms with Gasteiger partial charge in [-0.25, -0.2) is 0 Å². The SMILES string of the molecule is COc1ccc2c(c1)C/C(=C/CCN1CCC(Cc3ccccc3)CC1)[C@H](C)[C@H](C)S2. The van der Waals surface area contributed by atoms with E-state index >= 15 is 0 Å². The number of piperidine rings is 1. The van der Waals surface area contributed by atoms with Crippen molar-refractivity contribution in [3.05, 3.63) is 71.3 Å². The molecule has 3 heteroatoms. The molecule has 0 saturated carbocycles. The number of allylic oxidation sites excluding steroid dienone is 1. The zero-order valence-electron chi connectivity index (χ0n) is 19.3. The number of hydrogen-bond donors (Lipinski definition) is 0. The lowest BCUT2D eigenvalue weighted by Crippen LogP contribution is -2.34. The Morgan fingerprint density at radius 2 is 1.84 bits per heavy atom. The van der Waals surface area contributed by atoms with Gasteiger partial charge in [0, 0.05) is 16.7 Å². The normalized spacial score (nSPS) is 24.0. The van der Waals surface area contributed by atoms with E-state index in [0.29, 0.717) is 11.2 Å². The number of likely N-dealkylation sites (tertiary alicyclic amines) is 1. The Bertz CT molecular complexity index is 870. The van der Waals surface area contributed by atoms with Gasteiger partial charge in [-0.2, -0.15) is 0 Å². The highest BCUT2D eigenvalue weighted by Crippen LogP contribution is 2.40. The van der Waals surface area contributed by atoms with E-state index in [4.69, 9.17) is 4.74 Å². The lowest BCUT2D eigenvalue weighted by atomic mass is 9.90. The number of fused-ring (bicyclic) bond motifs is 1. The van der Waals surface area contributed by atoms with Crippen LogP contribution in [-0.4, -0.2) is 36.9 Å². The molecule has 2 atom stereocenters. The van der Waals surface area contributed by atoms with Crippen molar-refractivity contribution in [3.8, 4) is 5.75 Å². The Labute approximate surface area is 193 Å². The van der Waals surface area contributed by atoms with Gasteiger partial charge in [0.15, 0.2) is 0 Å². The lowest BCUT2D eigenvalue weighted by Gasteiger charge is -2.32. The predicted molar refractivity (Wildman–Crippen MR) is 133 cm³/mol. The highest BCUT2D eigenvalue weighted by Gasteiger charge is 2.24. The molecule has 2 aromatic carbocycles. The van der Waals surface area contributed by atoms with Crippen molar-refractivity contribution in [2.24, 2.45) is 11.8 Å². The molecule has 2 aromatic rings. The molecule has 0 aliphatic carbocycles. The summed E-state index contributed by atoms with van der Waals surface area (Å²) in [4.78, 5) is 4.10. The van der Waals surface area contributed by atoms with Crippen LogP contribution in [0.3, 0.4) is 0 Å². The molecule has 31 heavy (non-hydrogen) atoms. The van der Waals surface area contributed by atoms with Crippen molar-refractivity contribution in [2.75, 3.05) is 26.7 Å². The van der Waals surface area contributed by atoms with Gasteiger partial charge in [0.25, 0.3) is 0 Å². The molecule has 0 bridgehead atoms. The fourth-order valence-electron chi connectivity index (χ4n) is 4.97. The Morgan fingerprint density at radius 1 is 1.06 bits per heavy atom. The van der Waals surface area contributed by atoms with Crippen LogP contribution in [-0.2, 0) is 12.8 Å². The second-order valence-electron chi connectivity index (χ2n) is 9.30. The molecule has 1 saturated heterocycles. The van der Waals surface area contributed by atoms with Gasteiger partial charge in [0.05, 0.1) is 7.11 Å². The second kappa shape index (κ2) is 10.7. The number of ether oxygens (including phenoxy) is 1. The van der Waals surface area contributed by atoms with Gasteiger partial charge >= 0.3 is 0 Å². The van der Waals surface area contributed by atoms with Gasteiger partial charge in [-0.1, -0.05) is 55.8 Å². The van der Waals surface area contributed by atoms with E-state index in [0.717, 1.165) is 18.1 Å². The fraction of sp³-hybridized carbons (Fsp3) is 0.500. The number of methoxy groups -OCH3 is 1. The number of hydrogen-bond acceptors (Lipinski definition) is 3. The molecule has 2 aliphatic rings. The molecule has 166 valence electrons. The fourth-order valence-corrected chi connectivity index (χ4v) is 6.18. The van der Waals surface area contributed by atoms with E-state index in [1.807, 2.05) is 11.8 Å². The lowest BCUT2D eigenvalue weighted by molar-refractivity contribution is 0.186. The van der Waals surface area contributed by atoms with Crippen molar-refractivity contribution in [3.63, 3.8) is 0 Å². The summed E-state index contributed by atoms with van der Waals surface area (Å²) in [5.41, 5.74) is 4.52. The Kier molecular flexibility index (Phi) is 7.79. The standard InChI is InChI=1S/C28H37NOS/c1-21-22(2)31-28-12-11-27(30-3)20-26(28)19-25(21)10-7-15-29-16-13-24(14-17-29)18-23-8-5-4-6-9-23/h4-6,8-12,20-22,24H,7,13-19H2,1-3H3/b25-10-/t21-,22+/m1/s1. The summed E-state index contributed by atoms with van der Waals surface area (Å²) in [6.07, 6.45) is 8.69. The van der Waals surface area contributed by atoms with Crippen LogP contribution >= 0.6 is 11.8 Å². The maximum atomic E-state index is 5.48. The largest absolute Gasteiger partial charge is 0.497 e. The van der Waals surface area contributed by atoms with E-state index in [2.05, 4.69) is 73.4 Å². The Balaban J connectivity index is 1.31. The third-order valence-electron chi connectivity index (χ3n) is 7.19. The maximum absolute atomic E-state index is 5.48. The van der Waals surface area contributed by atoms with Crippen LogP contribution in [0.1, 0.15) is 44.2 Å². The average Bonchev–Trinajstić information content (AvgIpc) is 2.91. The number of benzene rings is 2. The number of thioether (sulfide) groups is 1. The first-order valence-corrected chi connectivity index (χ1v) is 12.8. The van der Waals surface area contributed by atoms with E-state index in [1.54, 1.807) is 12.7 Å². The van der Waals surface area contributed by atoms with Crippen LogP contribution in [0.2, 0.25) is 0 Å². The molecule has 0 radical (unpaired) electrons. The first-order valence-electron chi connectivity index (χ1n) is 11.9. The zero-order chi connectivity index (χ0) is 21.6. The van der Waals surface area contributed by atoms with E-state index in [-0.39, 0.29) is 0 Å². The number of rotatable bonds is 6. The van der Waals surface area contributed by atoms with Gasteiger partial charge in [-0.15, -0.1) is 11.8 Å². The van der Waals surface area contributed by atoms with Gasteiger partial charge in [-0.05, 0) is 86.4 Å². The van der Waals surface area contributed by atoms with Gasteiger partial charge in [-0.3, -0.25) is 0 Å². The summed E-state index contributed by atoms with van der Waals surface area (Å²) in [6.45, 7) is 8.48.